The Morgan fingerprint density at radius 3 is 2.71 bits per heavy atom. The molecule has 0 unspecified atom stereocenters. The van der Waals surface area contributed by atoms with E-state index in [0.717, 1.165) is 12.1 Å². The van der Waals surface area contributed by atoms with Gasteiger partial charge in [0.2, 0.25) is 0 Å². The molecule has 0 bridgehead atoms. The summed E-state index contributed by atoms with van der Waals surface area (Å²) in [5.74, 6) is -0.331. The molecule has 0 amide bonds. The van der Waals surface area contributed by atoms with E-state index in [2.05, 4.69) is 16.0 Å². The number of pyridine rings is 1. The maximum atomic E-state index is 15.2. The van der Waals surface area contributed by atoms with Crippen LogP contribution in [-0.4, -0.2) is 34.8 Å². The summed E-state index contributed by atoms with van der Waals surface area (Å²) in [5, 5.41) is 19.2. The molecule has 2 aromatic heterocycles. The number of fused-ring (bicyclic) bond motifs is 2. The van der Waals surface area contributed by atoms with Crippen molar-refractivity contribution in [3.8, 4) is 29.1 Å². The Labute approximate surface area is 200 Å². The van der Waals surface area contributed by atoms with Crippen LogP contribution in [0.3, 0.4) is 0 Å². The topological polar surface area (TPSA) is 117 Å². The van der Waals surface area contributed by atoms with Crippen molar-refractivity contribution in [2.24, 2.45) is 0 Å². The van der Waals surface area contributed by atoms with Gasteiger partial charge in [-0.3, -0.25) is 9.78 Å². The van der Waals surface area contributed by atoms with Crippen LogP contribution in [0.1, 0.15) is 36.9 Å². The highest BCUT2D eigenvalue weighted by Crippen LogP contribution is 2.40. The lowest BCUT2D eigenvalue weighted by atomic mass is 10.1. The molecule has 2 aromatic carbocycles. The van der Waals surface area contributed by atoms with Crippen LogP contribution >= 0.6 is 0 Å². The third-order valence-electron chi connectivity index (χ3n) is 5.57. The number of methoxy groups -OCH3 is 1. The molecule has 4 aromatic rings. The van der Waals surface area contributed by atoms with Crippen molar-refractivity contribution in [3.05, 3.63) is 53.6 Å². The van der Waals surface area contributed by atoms with Gasteiger partial charge in [0.1, 0.15) is 11.6 Å². The van der Waals surface area contributed by atoms with Crippen molar-refractivity contribution in [1.82, 2.24) is 9.97 Å². The van der Waals surface area contributed by atoms with E-state index in [1.165, 1.54) is 19.4 Å². The Hall–Kier alpha value is -4.32. The number of unbranched alkanes of at least 4 members (excludes halogenated alkanes) is 2. The number of H-pyrrole nitrogens is 1. The highest BCUT2D eigenvalue weighted by atomic mass is 19.1. The summed E-state index contributed by atoms with van der Waals surface area (Å²) in [6.45, 7) is 2.22. The fourth-order valence-corrected chi connectivity index (χ4v) is 3.85. The number of ether oxygens (including phenoxy) is 3. The van der Waals surface area contributed by atoms with Crippen molar-refractivity contribution < 1.29 is 28.5 Å². The van der Waals surface area contributed by atoms with Gasteiger partial charge in [-0.1, -0.05) is 0 Å². The fourth-order valence-electron chi connectivity index (χ4n) is 3.85. The number of carboxylic acids is 1. The molecule has 0 aliphatic heterocycles. The first kappa shape index (κ1) is 23.8. The van der Waals surface area contributed by atoms with Gasteiger partial charge in [-0.05, 0) is 50.5 Å². The van der Waals surface area contributed by atoms with Crippen LogP contribution in [0.4, 0.5) is 4.39 Å². The second-order valence-electron chi connectivity index (χ2n) is 8.08. The van der Waals surface area contributed by atoms with Crippen LogP contribution in [-0.2, 0) is 4.79 Å². The molecule has 180 valence electrons. The zero-order chi connectivity index (χ0) is 24.9. The predicted octanol–water partition coefficient (Wildman–Crippen LogP) is 5.86. The molecule has 0 aliphatic rings. The lowest BCUT2D eigenvalue weighted by Gasteiger charge is -2.15. The van der Waals surface area contributed by atoms with Crippen LogP contribution < -0.4 is 14.2 Å². The lowest BCUT2D eigenvalue weighted by Crippen LogP contribution is -2.01. The maximum absolute atomic E-state index is 15.2. The Kier molecular flexibility index (Phi) is 7.01. The van der Waals surface area contributed by atoms with Gasteiger partial charge < -0.3 is 24.3 Å². The number of hydrogen-bond acceptors (Lipinski definition) is 6. The van der Waals surface area contributed by atoms with Crippen LogP contribution in [0.15, 0.2) is 36.5 Å². The monoisotopic (exact) mass is 477 g/mol. The number of aliphatic carboxylic acids is 1. The molecule has 8 nitrogen and oxygen atoms in total. The summed E-state index contributed by atoms with van der Waals surface area (Å²) in [6.07, 6.45) is 3.49. The maximum Gasteiger partial charge on any atom is 0.303 e. The van der Waals surface area contributed by atoms with Crippen molar-refractivity contribution >= 4 is 27.8 Å². The minimum atomic E-state index is -0.814. The number of carboxylic acid groups (broad SMARTS) is 1. The predicted molar refractivity (Wildman–Crippen MR) is 128 cm³/mol. The molecule has 0 spiro atoms. The first-order valence-corrected chi connectivity index (χ1v) is 11.1. The highest BCUT2D eigenvalue weighted by Gasteiger charge is 2.19. The molecular weight excluding hydrogens is 453 g/mol. The first-order valence-electron chi connectivity index (χ1n) is 11.1. The number of aromatic nitrogens is 2. The van der Waals surface area contributed by atoms with Gasteiger partial charge >= 0.3 is 5.97 Å². The highest BCUT2D eigenvalue weighted by molar-refractivity contribution is 5.91. The molecule has 35 heavy (non-hydrogen) atoms. The van der Waals surface area contributed by atoms with Crippen molar-refractivity contribution in [2.75, 3.05) is 13.7 Å². The van der Waals surface area contributed by atoms with E-state index in [-0.39, 0.29) is 23.5 Å². The molecule has 4 rings (SSSR count). The summed E-state index contributed by atoms with van der Waals surface area (Å²) in [4.78, 5) is 18.0. The van der Waals surface area contributed by atoms with Crippen molar-refractivity contribution in [1.29, 1.82) is 5.26 Å². The second-order valence-corrected chi connectivity index (χ2v) is 8.08. The summed E-state index contributed by atoms with van der Waals surface area (Å²) in [7, 11) is 1.49. The number of aryl methyl sites for hydroxylation is 1. The third-order valence-corrected chi connectivity index (χ3v) is 5.57. The lowest BCUT2D eigenvalue weighted by molar-refractivity contribution is -0.137. The van der Waals surface area contributed by atoms with Gasteiger partial charge in [0.25, 0.3) is 0 Å². The number of aromatic amines is 1. The average molecular weight is 477 g/mol. The summed E-state index contributed by atoms with van der Waals surface area (Å²) < 4.78 is 32.4. The molecule has 0 saturated heterocycles. The molecule has 0 aliphatic carbocycles. The van der Waals surface area contributed by atoms with E-state index >= 15 is 4.39 Å². The standard InChI is InChI=1S/C26H24FN3O5/c1-15-10-17-19(30-15)7-8-21(25(17)27)35-26-16(13-28)14-29-20-12-23(22(33-2)11-18(20)26)34-9-5-3-4-6-24(31)32/h7-8,10-12,14,30H,3-6,9H2,1-2H3,(H,31,32). The van der Waals surface area contributed by atoms with E-state index < -0.39 is 11.8 Å². The number of nitrogens with one attached hydrogen (secondary N) is 1. The Bertz CT molecular complexity index is 1440. The molecule has 9 heteroatoms. The third kappa shape index (κ3) is 5.11. The smallest absolute Gasteiger partial charge is 0.303 e. The minimum Gasteiger partial charge on any atom is -0.493 e. The van der Waals surface area contributed by atoms with Crippen molar-refractivity contribution in [2.45, 2.75) is 32.6 Å². The fraction of sp³-hybridized carbons (Fsp3) is 0.269. The molecule has 0 atom stereocenters. The minimum absolute atomic E-state index is 0.0128. The Morgan fingerprint density at radius 1 is 1.14 bits per heavy atom. The number of benzene rings is 2. The number of nitriles is 1. The van der Waals surface area contributed by atoms with Gasteiger partial charge in [-0.15, -0.1) is 0 Å². The van der Waals surface area contributed by atoms with E-state index in [1.807, 2.05) is 6.92 Å². The van der Waals surface area contributed by atoms with Gasteiger partial charge in [0.15, 0.2) is 28.8 Å². The number of nitrogens with zero attached hydrogens (tertiary/aromatic N) is 2. The van der Waals surface area contributed by atoms with E-state index in [9.17, 15) is 10.1 Å². The molecule has 0 fully saturated rings. The second kappa shape index (κ2) is 10.3. The number of hydrogen-bond donors (Lipinski definition) is 2. The first-order chi connectivity index (χ1) is 16.9. The summed E-state index contributed by atoms with van der Waals surface area (Å²) >= 11 is 0. The largest absolute Gasteiger partial charge is 0.493 e. The van der Waals surface area contributed by atoms with E-state index in [1.54, 1.807) is 24.3 Å². The van der Waals surface area contributed by atoms with Crippen molar-refractivity contribution in [3.63, 3.8) is 0 Å². The van der Waals surface area contributed by atoms with Gasteiger partial charge in [0, 0.05) is 40.7 Å². The summed E-state index contributed by atoms with van der Waals surface area (Å²) in [5.41, 5.74) is 2.11. The molecular formula is C26H24FN3O5. The van der Waals surface area contributed by atoms with Gasteiger partial charge in [0.05, 0.1) is 19.2 Å². The summed E-state index contributed by atoms with van der Waals surface area (Å²) in [6, 6.07) is 10.3. The van der Waals surface area contributed by atoms with Crippen LogP contribution in [0, 0.1) is 24.1 Å². The number of rotatable bonds is 10. The quantitative estimate of drug-likeness (QED) is 0.275. The normalized spacial score (nSPS) is 10.9. The SMILES string of the molecule is COc1cc2c(Oc3ccc4[nH]c(C)cc4c3F)c(C#N)cnc2cc1OCCCCCC(=O)O. The molecule has 0 radical (unpaired) electrons. The van der Waals surface area contributed by atoms with Crippen LogP contribution in [0.2, 0.25) is 0 Å². The molecule has 2 N–H and O–H groups in total. The average Bonchev–Trinajstić information content (AvgIpc) is 3.23. The number of halogens is 1. The van der Waals surface area contributed by atoms with Gasteiger partial charge in [-0.2, -0.15) is 5.26 Å². The van der Waals surface area contributed by atoms with Crippen LogP contribution in [0.5, 0.6) is 23.0 Å². The molecule has 0 saturated carbocycles. The Balaban J connectivity index is 1.64. The van der Waals surface area contributed by atoms with Gasteiger partial charge in [-0.25, -0.2) is 4.39 Å². The Morgan fingerprint density at radius 2 is 1.97 bits per heavy atom. The van der Waals surface area contributed by atoms with E-state index in [4.69, 9.17) is 19.3 Å². The zero-order valence-corrected chi connectivity index (χ0v) is 19.4. The molecule has 2 heterocycles. The van der Waals surface area contributed by atoms with E-state index in [0.29, 0.717) is 52.8 Å². The zero-order valence-electron chi connectivity index (χ0n) is 19.4. The van der Waals surface area contributed by atoms with Crippen LogP contribution in [0.25, 0.3) is 21.8 Å². The number of carbonyl (C=O) groups is 1.